The van der Waals surface area contributed by atoms with Gasteiger partial charge in [0.05, 0.1) is 29.1 Å². The lowest BCUT2D eigenvalue weighted by Crippen LogP contribution is -3.03. The van der Waals surface area contributed by atoms with Crippen molar-refractivity contribution >= 4 is 15.8 Å². The second kappa shape index (κ2) is 16.6. The molecule has 0 unspecified atom stereocenters. The maximum Gasteiger partial charge on any atom is 0.199 e. The van der Waals surface area contributed by atoms with Crippen LogP contribution in [-0.4, -0.2) is 48.6 Å². The zero-order chi connectivity index (χ0) is 25.4. The van der Waals surface area contributed by atoms with E-state index in [2.05, 4.69) is 79.4 Å². The van der Waals surface area contributed by atoms with Crippen molar-refractivity contribution in [1.82, 2.24) is 0 Å². The van der Waals surface area contributed by atoms with Gasteiger partial charge in [0, 0.05) is 30.7 Å². The molecule has 0 spiro atoms. The molecule has 0 aromatic rings. The van der Waals surface area contributed by atoms with Crippen molar-refractivity contribution in [3.8, 4) is 0 Å². The van der Waals surface area contributed by atoms with Gasteiger partial charge < -0.3 is 4.55 Å². The van der Waals surface area contributed by atoms with Gasteiger partial charge in [-0.05, 0) is 61.1 Å². The zero-order valence-electron chi connectivity index (χ0n) is 21.8. The van der Waals surface area contributed by atoms with Crippen molar-refractivity contribution < 1.29 is 22.4 Å². The van der Waals surface area contributed by atoms with Crippen molar-refractivity contribution in [3.05, 3.63) is 72.2 Å². The van der Waals surface area contributed by atoms with Crippen LogP contribution in [-0.2, 0) is 10.1 Å². The molecule has 0 radical (unpaired) electrons. The summed E-state index contributed by atoms with van der Waals surface area (Å²) < 4.78 is 34.6. The first-order valence-electron chi connectivity index (χ1n) is 13.5. The number of unbranched alkanes of at least 4 members (excludes halogenated alkanes) is 7. The molecule has 194 valence electrons. The van der Waals surface area contributed by atoms with E-state index in [1.807, 2.05) is 0 Å². The second-order valence-electron chi connectivity index (χ2n) is 9.49. The van der Waals surface area contributed by atoms with E-state index >= 15 is 0 Å². The number of nitrogens with one attached hydrogen (secondary N) is 1. The van der Waals surface area contributed by atoms with Crippen LogP contribution in [0.25, 0.3) is 0 Å². The van der Waals surface area contributed by atoms with Gasteiger partial charge in [0.15, 0.2) is 5.71 Å². The van der Waals surface area contributed by atoms with Crippen LogP contribution in [0.3, 0.4) is 0 Å². The highest BCUT2D eigenvalue weighted by Crippen LogP contribution is 2.11. The summed E-state index contributed by atoms with van der Waals surface area (Å²) >= 11 is 0. The van der Waals surface area contributed by atoms with E-state index in [0.29, 0.717) is 12.8 Å². The Hall–Kier alpha value is -2.02. The fourth-order valence-electron chi connectivity index (χ4n) is 4.22. The molecule has 1 heterocycles. The Morgan fingerprint density at radius 3 is 1.80 bits per heavy atom. The SMILES string of the molecule is CCCCCC[N+](CCCCCC)=C1C=CC(=CC=C2C=C[NH+](CCCCS(=O)(=O)[O-])C=C2)C=C1. The summed E-state index contributed by atoms with van der Waals surface area (Å²) in [4.78, 5) is 1.16. The molecule has 0 saturated heterocycles. The molecule has 6 heteroatoms. The monoisotopic (exact) mass is 501 g/mol. The highest BCUT2D eigenvalue weighted by molar-refractivity contribution is 7.85. The summed E-state index contributed by atoms with van der Waals surface area (Å²) in [6.07, 6.45) is 32.9. The average Bonchev–Trinajstić information content (AvgIpc) is 2.85. The van der Waals surface area contributed by atoms with Crippen molar-refractivity contribution in [1.29, 1.82) is 0 Å². The highest BCUT2D eigenvalue weighted by atomic mass is 32.2. The van der Waals surface area contributed by atoms with Crippen LogP contribution in [0, 0.1) is 0 Å². The Bertz CT molecular complexity index is 918. The van der Waals surface area contributed by atoms with Gasteiger partial charge in [0.2, 0.25) is 0 Å². The lowest BCUT2D eigenvalue weighted by molar-refractivity contribution is -0.791. The summed E-state index contributed by atoms with van der Waals surface area (Å²) in [6, 6.07) is 0. The normalized spacial score (nSPS) is 17.3. The first-order valence-corrected chi connectivity index (χ1v) is 15.0. The second-order valence-corrected chi connectivity index (χ2v) is 11.0. The largest absolute Gasteiger partial charge is 0.748 e. The minimum Gasteiger partial charge on any atom is -0.748 e. The van der Waals surface area contributed by atoms with Crippen LogP contribution in [0.4, 0.5) is 0 Å². The Labute approximate surface area is 213 Å². The molecule has 0 fully saturated rings. The molecule has 0 aromatic heterocycles. The predicted octanol–water partition coefficient (Wildman–Crippen LogP) is 4.83. The van der Waals surface area contributed by atoms with E-state index in [4.69, 9.17) is 0 Å². The number of hydrogen-bond donors (Lipinski definition) is 1. The minimum atomic E-state index is -4.10. The Morgan fingerprint density at radius 1 is 0.743 bits per heavy atom. The van der Waals surface area contributed by atoms with E-state index in [1.165, 1.54) is 62.7 Å². The Morgan fingerprint density at radius 2 is 1.29 bits per heavy atom. The van der Waals surface area contributed by atoms with Gasteiger partial charge in [0.25, 0.3) is 0 Å². The van der Waals surface area contributed by atoms with Crippen LogP contribution in [0.1, 0.15) is 78.1 Å². The molecular formula is C29H45N2O3S+. The molecule has 1 N–H and O–H groups in total. The summed E-state index contributed by atoms with van der Waals surface area (Å²) in [5, 5.41) is 0. The molecule has 2 aliphatic rings. The topological polar surface area (TPSA) is 64.7 Å². The smallest absolute Gasteiger partial charge is 0.199 e. The van der Waals surface area contributed by atoms with E-state index in [0.717, 1.165) is 30.1 Å². The van der Waals surface area contributed by atoms with Crippen molar-refractivity contribution in [2.24, 2.45) is 0 Å². The Kier molecular flexibility index (Phi) is 13.9. The number of nitrogens with zero attached hydrogens (tertiary/aromatic N) is 1. The predicted molar refractivity (Wildman–Crippen MR) is 146 cm³/mol. The van der Waals surface area contributed by atoms with E-state index in [1.54, 1.807) is 0 Å². The minimum absolute atomic E-state index is 0.276. The number of hydrogen-bond acceptors (Lipinski definition) is 3. The van der Waals surface area contributed by atoms with E-state index < -0.39 is 10.1 Å². The molecule has 0 aromatic carbocycles. The molecule has 5 nitrogen and oxygen atoms in total. The van der Waals surface area contributed by atoms with Gasteiger partial charge in [0.1, 0.15) is 13.1 Å². The lowest BCUT2D eigenvalue weighted by atomic mass is 10.1. The van der Waals surface area contributed by atoms with Crippen LogP contribution >= 0.6 is 0 Å². The van der Waals surface area contributed by atoms with Crippen LogP contribution in [0.15, 0.2) is 72.2 Å². The first-order chi connectivity index (χ1) is 16.9. The number of rotatable bonds is 16. The molecule has 0 amide bonds. The summed E-state index contributed by atoms with van der Waals surface area (Å²) in [5.74, 6) is -0.276. The van der Waals surface area contributed by atoms with Gasteiger partial charge in [-0.15, -0.1) is 0 Å². The van der Waals surface area contributed by atoms with Gasteiger partial charge in [-0.2, -0.15) is 0 Å². The lowest BCUT2D eigenvalue weighted by Gasteiger charge is -2.13. The summed E-state index contributed by atoms with van der Waals surface area (Å²) in [7, 11) is -4.10. The third-order valence-corrected chi connectivity index (χ3v) is 7.17. The molecule has 2 rings (SSSR count). The molecule has 0 bridgehead atoms. The summed E-state index contributed by atoms with van der Waals surface area (Å²) in [5.41, 5.74) is 3.64. The molecule has 1 aliphatic heterocycles. The summed E-state index contributed by atoms with van der Waals surface area (Å²) in [6.45, 7) is 7.59. The van der Waals surface area contributed by atoms with Gasteiger partial charge in [-0.25, -0.2) is 13.0 Å². The quantitative estimate of drug-likeness (QED) is 0.187. The zero-order valence-corrected chi connectivity index (χ0v) is 22.6. The number of quaternary nitrogens is 1. The Balaban J connectivity index is 1.89. The molecular weight excluding hydrogens is 456 g/mol. The third kappa shape index (κ3) is 13.0. The molecule has 0 atom stereocenters. The van der Waals surface area contributed by atoms with Gasteiger partial charge in [-0.1, -0.05) is 51.7 Å². The van der Waals surface area contributed by atoms with Crippen LogP contribution < -0.4 is 4.90 Å². The van der Waals surface area contributed by atoms with Crippen molar-refractivity contribution in [2.75, 3.05) is 25.4 Å². The fourth-order valence-corrected chi connectivity index (χ4v) is 4.78. The average molecular weight is 502 g/mol. The molecule has 1 aliphatic carbocycles. The van der Waals surface area contributed by atoms with Crippen LogP contribution in [0.5, 0.6) is 0 Å². The van der Waals surface area contributed by atoms with E-state index in [9.17, 15) is 13.0 Å². The molecule has 0 saturated carbocycles. The van der Waals surface area contributed by atoms with Gasteiger partial charge in [-0.3, -0.25) is 4.90 Å². The maximum atomic E-state index is 10.7. The van der Waals surface area contributed by atoms with Crippen LogP contribution in [0.2, 0.25) is 0 Å². The molecule has 35 heavy (non-hydrogen) atoms. The van der Waals surface area contributed by atoms with Gasteiger partial charge >= 0.3 is 0 Å². The van der Waals surface area contributed by atoms with Crippen molar-refractivity contribution in [2.45, 2.75) is 78.1 Å². The third-order valence-electron chi connectivity index (χ3n) is 6.38. The highest BCUT2D eigenvalue weighted by Gasteiger charge is 2.12. The standard InChI is InChI=1S/C29H44N2O3S/c1-3-5-7-9-22-31(23-10-8-6-4-2)29-17-15-27(16-18-29)13-14-28-19-24-30(25-20-28)21-11-12-26-35(32,33)34/h13-20,24-25H,3-12,21-23,26H2,1-2H3/p+1. The van der Waals surface area contributed by atoms with Crippen molar-refractivity contribution in [3.63, 3.8) is 0 Å². The van der Waals surface area contributed by atoms with E-state index in [-0.39, 0.29) is 5.75 Å². The first kappa shape index (κ1) is 29.2. The fraction of sp³-hybridized carbons (Fsp3) is 0.552. The maximum absolute atomic E-state index is 10.7. The number of allylic oxidation sites excluding steroid dienone is 10.